The zero-order chi connectivity index (χ0) is 24.5. The summed E-state index contributed by atoms with van der Waals surface area (Å²) in [5, 5.41) is 8.11. The number of nitrogens with one attached hydrogen (secondary N) is 1. The van der Waals surface area contributed by atoms with Gasteiger partial charge in [-0.05, 0) is 46.6 Å². The lowest BCUT2D eigenvalue weighted by Gasteiger charge is -2.18. The molecule has 0 atom stereocenters. The maximum absolute atomic E-state index is 14.0. The molecule has 0 aliphatic rings. The Morgan fingerprint density at radius 1 is 1.18 bits per heavy atom. The summed E-state index contributed by atoms with van der Waals surface area (Å²) in [6.45, 7) is 0.462. The number of fused-ring (bicyclic) bond motifs is 1. The van der Waals surface area contributed by atoms with Crippen LogP contribution in [0, 0.1) is 11.6 Å². The predicted octanol–water partition coefficient (Wildman–Crippen LogP) is 5.21. The average molecular weight is 571 g/mol. The summed E-state index contributed by atoms with van der Waals surface area (Å²) in [5.74, 6) is -1.19. The lowest BCUT2D eigenvalue weighted by molar-refractivity contribution is 0.457. The van der Waals surface area contributed by atoms with Gasteiger partial charge >= 0.3 is 0 Å². The number of anilines is 1. The normalized spacial score (nSPS) is 11.9. The largest absolute Gasteiger partial charge is 0.370 e. The van der Waals surface area contributed by atoms with Gasteiger partial charge in [0, 0.05) is 36.8 Å². The Labute approximate surface area is 208 Å². The molecule has 0 amide bonds. The van der Waals surface area contributed by atoms with E-state index in [1.165, 1.54) is 7.05 Å². The highest BCUT2D eigenvalue weighted by Crippen LogP contribution is 2.30. The van der Waals surface area contributed by atoms with E-state index in [0.29, 0.717) is 45.7 Å². The van der Waals surface area contributed by atoms with Crippen molar-refractivity contribution in [2.24, 2.45) is 0 Å². The molecule has 0 bridgehead atoms. The van der Waals surface area contributed by atoms with Crippen molar-refractivity contribution in [1.29, 1.82) is 0 Å². The first-order valence-electron chi connectivity index (χ1n) is 10.1. The first-order chi connectivity index (χ1) is 16.2. The van der Waals surface area contributed by atoms with Crippen LogP contribution < -0.4 is 5.32 Å². The quantitative estimate of drug-likeness (QED) is 0.294. The summed E-state index contributed by atoms with van der Waals surface area (Å²) >= 11 is 9.79. The Morgan fingerprint density at radius 2 is 1.94 bits per heavy atom. The number of aromatic nitrogens is 3. The highest BCUT2D eigenvalue weighted by Gasteiger charge is 2.24. The fourth-order valence-electron chi connectivity index (χ4n) is 3.35. The smallest absolute Gasteiger partial charge is 0.245 e. The van der Waals surface area contributed by atoms with Gasteiger partial charge in [-0.3, -0.25) is 0 Å². The van der Waals surface area contributed by atoms with Gasteiger partial charge in [-0.2, -0.15) is 9.61 Å². The van der Waals surface area contributed by atoms with Crippen LogP contribution in [0.3, 0.4) is 0 Å². The molecular formula is C22H19BrClF2N5O2S. The Balaban J connectivity index is 1.50. The third-order valence-corrected chi connectivity index (χ3v) is 7.88. The highest BCUT2D eigenvalue weighted by atomic mass is 79.9. The van der Waals surface area contributed by atoms with Crippen molar-refractivity contribution in [2.75, 3.05) is 25.5 Å². The van der Waals surface area contributed by atoms with Crippen LogP contribution in [0.25, 0.3) is 16.9 Å². The van der Waals surface area contributed by atoms with Gasteiger partial charge in [-0.1, -0.05) is 29.8 Å². The van der Waals surface area contributed by atoms with E-state index in [1.54, 1.807) is 22.8 Å². The minimum Gasteiger partial charge on any atom is -0.370 e. The first-order valence-corrected chi connectivity index (χ1v) is 12.7. The Bertz CT molecular complexity index is 1470. The maximum Gasteiger partial charge on any atom is 0.245 e. The lowest BCUT2D eigenvalue weighted by atomic mass is 10.1. The molecule has 7 nitrogen and oxygen atoms in total. The van der Waals surface area contributed by atoms with Crippen molar-refractivity contribution in [1.82, 2.24) is 18.9 Å². The molecule has 0 radical (unpaired) electrons. The first kappa shape index (κ1) is 24.5. The van der Waals surface area contributed by atoms with Crippen LogP contribution in [0.1, 0.15) is 6.42 Å². The summed E-state index contributed by atoms with van der Waals surface area (Å²) in [7, 11) is -2.85. The zero-order valence-corrected chi connectivity index (χ0v) is 21.0. The monoisotopic (exact) mass is 569 g/mol. The van der Waals surface area contributed by atoms with Crippen LogP contribution in [0.2, 0.25) is 5.02 Å². The lowest BCUT2D eigenvalue weighted by Crippen LogP contribution is -2.30. The molecule has 0 fully saturated rings. The number of nitrogens with zero attached hydrogens (tertiary/aromatic N) is 4. The van der Waals surface area contributed by atoms with E-state index in [-0.39, 0.29) is 6.54 Å². The van der Waals surface area contributed by atoms with E-state index in [0.717, 1.165) is 22.0 Å². The number of benzene rings is 2. The number of hydrogen-bond acceptors (Lipinski definition) is 5. The molecule has 34 heavy (non-hydrogen) atoms. The van der Waals surface area contributed by atoms with Gasteiger partial charge in [-0.15, -0.1) is 0 Å². The number of halogens is 4. The van der Waals surface area contributed by atoms with E-state index >= 15 is 0 Å². The molecule has 0 unspecified atom stereocenters. The van der Waals surface area contributed by atoms with Gasteiger partial charge in [0.15, 0.2) is 5.65 Å². The van der Waals surface area contributed by atoms with Gasteiger partial charge in [-0.25, -0.2) is 26.5 Å². The number of hydrogen-bond donors (Lipinski definition) is 1. The van der Waals surface area contributed by atoms with E-state index < -0.39 is 26.6 Å². The van der Waals surface area contributed by atoms with Crippen molar-refractivity contribution in [3.63, 3.8) is 0 Å². The standard InChI is InChI=1S/C22H19BrClF2N5O2S/c1-30(34(32,33)20-11-14(25)7-8-18(20)26)10-4-9-27-21-12-19(15-5-2-3-6-17(15)24)29-22-16(23)13-28-31(21)22/h2-3,5-8,11-13,27H,4,9-10H2,1H3. The molecule has 0 aliphatic heterocycles. The topological polar surface area (TPSA) is 79.6 Å². The van der Waals surface area contributed by atoms with Crippen LogP contribution >= 0.6 is 27.5 Å². The summed E-state index contributed by atoms with van der Waals surface area (Å²) in [5.41, 5.74) is 1.98. The molecule has 0 saturated heterocycles. The molecule has 2 aromatic heterocycles. The summed E-state index contributed by atoms with van der Waals surface area (Å²) in [6.07, 6.45) is 2.01. The molecule has 0 aliphatic carbocycles. The summed E-state index contributed by atoms with van der Waals surface area (Å²) in [4.78, 5) is 3.95. The van der Waals surface area contributed by atoms with E-state index in [9.17, 15) is 17.2 Å². The van der Waals surface area contributed by atoms with Crippen LogP contribution in [0.5, 0.6) is 0 Å². The molecule has 2 heterocycles. The Morgan fingerprint density at radius 3 is 2.71 bits per heavy atom. The molecule has 4 rings (SSSR count). The molecule has 0 spiro atoms. The van der Waals surface area contributed by atoms with Crippen LogP contribution in [0.15, 0.2) is 64.1 Å². The fraction of sp³-hybridized carbons (Fsp3) is 0.182. The minimum absolute atomic E-state index is 0.0830. The SMILES string of the molecule is CN(CCCNc1cc(-c2ccccc2Cl)nc2c(Br)cnn12)S(=O)(=O)c1cc(F)ccc1F. The van der Waals surface area contributed by atoms with Crippen LogP contribution in [-0.4, -0.2) is 47.5 Å². The van der Waals surface area contributed by atoms with Crippen molar-refractivity contribution in [2.45, 2.75) is 11.3 Å². The second-order valence-electron chi connectivity index (χ2n) is 7.42. The Kier molecular flexibility index (Phi) is 7.17. The second kappa shape index (κ2) is 9.95. The van der Waals surface area contributed by atoms with Crippen molar-refractivity contribution < 1.29 is 17.2 Å². The van der Waals surface area contributed by atoms with E-state index in [2.05, 4.69) is 31.3 Å². The van der Waals surface area contributed by atoms with Crippen LogP contribution in [-0.2, 0) is 10.0 Å². The van der Waals surface area contributed by atoms with Crippen molar-refractivity contribution in [3.8, 4) is 11.3 Å². The molecule has 178 valence electrons. The van der Waals surface area contributed by atoms with Crippen molar-refractivity contribution in [3.05, 3.63) is 75.9 Å². The summed E-state index contributed by atoms with van der Waals surface area (Å²) in [6, 6.07) is 11.5. The molecule has 1 N–H and O–H groups in total. The molecule has 0 saturated carbocycles. The molecule has 4 aromatic rings. The number of sulfonamides is 1. The minimum atomic E-state index is -4.17. The maximum atomic E-state index is 14.0. The van der Waals surface area contributed by atoms with Crippen molar-refractivity contribution >= 4 is 49.0 Å². The van der Waals surface area contributed by atoms with E-state index in [1.807, 2.05) is 18.2 Å². The molecule has 2 aromatic carbocycles. The van der Waals surface area contributed by atoms with Gasteiger partial charge in [0.1, 0.15) is 22.3 Å². The number of rotatable bonds is 8. The highest BCUT2D eigenvalue weighted by molar-refractivity contribution is 9.10. The second-order valence-corrected chi connectivity index (χ2v) is 10.7. The summed E-state index contributed by atoms with van der Waals surface area (Å²) < 4.78 is 56.0. The molecule has 12 heteroatoms. The van der Waals surface area contributed by atoms with Gasteiger partial charge < -0.3 is 5.32 Å². The van der Waals surface area contributed by atoms with Gasteiger partial charge in [0.05, 0.1) is 16.4 Å². The predicted molar refractivity (Wildman–Crippen MR) is 130 cm³/mol. The third kappa shape index (κ3) is 4.92. The fourth-order valence-corrected chi connectivity index (χ4v) is 5.21. The molecular weight excluding hydrogens is 552 g/mol. The zero-order valence-electron chi connectivity index (χ0n) is 17.8. The van der Waals surface area contributed by atoms with Crippen LogP contribution in [0.4, 0.5) is 14.6 Å². The van der Waals surface area contributed by atoms with Gasteiger partial charge in [0.2, 0.25) is 10.0 Å². The van der Waals surface area contributed by atoms with Gasteiger partial charge in [0.25, 0.3) is 0 Å². The Hall–Kier alpha value is -2.60. The average Bonchev–Trinajstić information content (AvgIpc) is 3.19. The third-order valence-electron chi connectivity index (χ3n) is 5.12. The van der Waals surface area contributed by atoms with E-state index in [4.69, 9.17) is 11.6 Å².